The minimum absolute atomic E-state index is 0.529. The fraction of sp³-hybridized carbons (Fsp3) is 0.500. The third-order valence-corrected chi connectivity index (χ3v) is 4.52. The van der Waals surface area contributed by atoms with Crippen LogP contribution in [0.15, 0.2) is 24.3 Å². The Hall–Kier alpha value is -2.17. The van der Waals surface area contributed by atoms with E-state index in [1.165, 1.54) is 4.90 Å². The van der Waals surface area contributed by atoms with E-state index in [-0.39, 0.29) is 0 Å². The van der Waals surface area contributed by atoms with Crippen LogP contribution in [0.1, 0.15) is 26.2 Å². The van der Waals surface area contributed by atoms with Crippen LogP contribution in [0.4, 0.5) is 0 Å². The standard InChI is InChI=1S/C18H25N5OS/c1-4-5-13-22-17(15-7-9-16(24-3)10-8-15)20-23(18(22)25)14-21(2)12-6-11-19/h7-10H,4-6,12-14H2,1-3H3/p+1. The lowest BCUT2D eigenvalue weighted by atomic mass is 10.2. The van der Waals surface area contributed by atoms with Crippen LogP contribution in [0, 0.1) is 16.1 Å². The quantitative estimate of drug-likeness (QED) is 0.697. The van der Waals surface area contributed by atoms with E-state index in [1.807, 2.05) is 28.9 Å². The summed E-state index contributed by atoms with van der Waals surface area (Å²) in [7, 11) is 3.71. The van der Waals surface area contributed by atoms with Crippen LogP contribution in [-0.2, 0) is 13.2 Å². The first-order valence-electron chi connectivity index (χ1n) is 8.61. The van der Waals surface area contributed by atoms with Gasteiger partial charge in [0.05, 0.1) is 33.2 Å². The Balaban J connectivity index is 2.34. The smallest absolute Gasteiger partial charge is 0.203 e. The molecular weight excluding hydrogens is 334 g/mol. The van der Waals surface area contributed by atoms with Gasteiger partial charge in [0.2, 0.25) is 4.77 Å². The highest BCUT2D eigenvalue weighted by molar-refractivity contribution is 7.71. The molecule has 1 N–H and O–H groups in total. The lowest BCUT2D eigenvalue weighted by molar-refractivity contribution is -0.903. The molecule has 134 valence electrons. The predicted octanol–water partition coefficient (Wildman–Crippen LogP) is 2.28. The highest BCUT2D eigenvalue weighted by Crippen LogP contribution is 2.22. The van der Waals surface area contributed by atoms with Crippen molar-refractivity contribution in [3.8, 4) is 23.2 Å². The van der Waals surface area contributed by atoms with Gasteiger partial charge in [0.1, 0.15) is 5.75 Å². The van der Waals surface area contributed by atoms with Gasteiger partial charge in [-0.15, -0.1) is 5.10 Å². The summed E-state index contributed by atoms with van der Waals surface area (Å²) < 4.78 is 9.95. The van der Waals surface area contributed by atoms with Crippen LogP contribution in [0.2, 0.25) is 0 Å². The lowest BCUT2D eigenvalue weighted by Crippen LogP contribution is -3.08. The summed E-state index contributed by atoms with van der Waals surface area (Å²) in [5.41, 5.74) is 1.02. The summed E-state index contributed by atoms with van der Waals surface area (Å²) in [5.74, 6) is 1.71. The van der Waals surface area contributed by atoms with Crippen LogP contribution < -0.4 is 9.64 Å². The van der Waals surface area contributed by atoms with Gasteiger partial charge in [0, 0.05) is 12.1 Å². The van der Waals surface area contributed by atoms with Crippen molar-refractivity contribution in [2.45, 2.75) is 39.4 Å². The Morgan fingerprint density at radius 1 is 1.32 bits per heavy atom. The molecule has 25 heavy (non-hydrogen) atoms. The number of hydrogen-bond donors (Lipinski definition) is 1. The number of ether oxygens (including phenoxy) is 1. The topological polar surface area (TPSA) is 60.2 Å². The molecule has 1 aromatic carbocycles. The molecule has 2 rings (SSSR count). The predicted molar refractivity (Wildman–Crippen MR) is 99.9 cm³/mol. The SMILES string of the molecule is CCCCn1c(-c2ccc(OC)cc2)nn(C[NH+](C)CCC#N)c1=S. The number of hydrogen-bond acceptors (Lipinski definition) is 4. The zero-order chi connectivity index (χ0) is 18.2. The largest absolute Gasteiger partial charge is 0.497 e. The number of nitrogens with zero attached hydrogens (tertiary/aromatic N) is 4. The van der Waals surface area contributed by atoms with Crippen LogP contribution in [0.5, 0.6) is 5.75 Å². The van der Waals surface area contributed by atoms with E-state index >= 15 is 0 Å². The Labute approximate surface area is 154 Å². The summed E-state index contributed by atoms with van der Waals surface area (Å²) in [6, 6.07) is 10.1. The number of nitrogens with one attached hydrogen (secondary N) is 1. The van der Waals surface area contributed by atoms with Gasteiger partial charge in [-0.25, -0.2) is 0 Å². The molecule has 1 atom stereocenters. The summed E-state index contributed by atoms with van der Waals surface area (Å²) in [6.45, 7) is 4.45. The van der Waals surface area contributed by atoms with Crippen molar-refractivity contribution in [1.29, 1.82) is 5.26 Å². The van der Waals surface area contributed by atoms with Crippen molar-refractivity contribution in [2.75, 3.05) is 20.7 Å². The first-order chi connectivity index (χ1) is 12.1. The van der Waals surface area contributed by atoms with E-state index < -0.39 is 0 Å². The fourth-order valence-electron chi connectivity index (χ4n) is 2.62. The number of benzene rings is 1. The van der Waals surface area contributed by atoms with E-state index in [4.69, 9.17) is 27.3 Å². The maximum atomic E-state index is 8.75. The first-order valence-corrected chi connectivity index (χ1v) is 9.01. The van der Waals surface area contributed by atoms with Gasteiger partial charge in [-0.05, 0) is 42.9 Å². The van der Waals surface area contributed by atoms with E-state index in [0.717, 1.165) is 47.8 Å². The Morgan fingerprint density at radius 2 is 2.04 bits per heavy atom. The second kappa shape index (κ2) is 9.35. The molecule has 1 heterocycles. The highest BCUT2D eigenvalue weighted by Gasteiger charge is 2.15. The van der Waals surface area contributed by atoms with E-state index in [9.17, 15) is 0 Å². The number of aromatic nitrogens is 3. The molecule has 1 aromatic heterocycles. The summed E-state index contributed by atoms with van der Waals surface area (Å²) in [4.78, 5) is 1.21. The Kier molecular flexibility index (Phi) is 7.16. The fourth-order valence-corrected chi connectivity index (χ4v) is 2.90. The molecule has 0 bridgehead atoms. The molecule has 0 spiro atoms. The zero-order valence-corrected chi connectivity index (χ0v) is 16.0. The van der Waals surface area contributed by atoms with Crippen molar-refractivity contribution in [3.63, 3.8) is 0 Å². The minimum atomic E-state index is 0.529. The summed E-state index contributed by atoms with van der Waals surface area (Å²) in [6.07, 6.45) is 2.68. The van der Waals surface area contributed by atoms with Crippen LogP contribution in [0.3, 0.4) is 0 Å². The first kappa shape index (κ1) is 19.2. The third kappa shape index (κ3) is 4.91. The molecule has 0 saturated carbocycles. The van der Waals surface area contributed by atoms with Gasteiger partial charge < -0.3 is 9.64 Å². The van der Waals surface area contributed by atoms with Gasteiger partial charge in [-0.2, -0.15) is 9.94 Å². The van der Waals surface area contributed by atoms with Crippen LogP contribution >= 0.6 is 12.2 Å². The third-order valence-electron chi connectivity index (χ3n) is 4.09. The van der Waals surface area contributed by atoms with Crippen molar-refractivity contribution in [1.82, 2.24) is 14.3 Å². The number of rotatable bonds is 9. The molecule has 7 heteroatoms. The number of methoxy groups -OCH3 is 1. The molecule has 0 saturated heterocycles. The number of quaternary nitrogens is 1. The second-order valence-corrected chi connectivity index (χ2v) is 6.48. The molecule has 0 aliphatic carbocycles. The van der Waals surface area contributed by atoms with Gasteiger partial charge >= 0.3 is 0 Å². The van der Waals surface area contributed by atoms with E-state index in [2.05, 4.69) is 24.6 Å². The molecule has 2 aromatic rings. The van der Waals surface area contributed by atoms with E-state index in [0.29, 0.717) is 13.1 Å². The second-order valence-electron chi connectivity index (χ2n) is 6.11. The normalized spacial score (nSPS) is 11.9. The van der Waals surface area contributed by atoms with E-state index in [1.54, 1.807) is 7.11 Å². The Bertz CT molecular complexity index is 772. The Morgan fingerprint density at radius 3 is 2.64 bits per heavy atom. The maximum Gasteiger partial charge on any atom is 0.203 e. The van der Waals surface area contributed by atoms with Crippen molar-refractivity contribution in [2.24, 2.45) is 0 Å². The monoisotopic (exact) mass is 360 g/mol. The summed E-state index contributed by atoms with van der Waals surface area (Å²) in [5, 5.41) is 13.5. The van der Waals surface area contributed by atoms with Crippen LogP contribution in [-0.4, -0.2) is 35.0 Å². The highest BCUT2D eigenvalue weighted by atomic mass is 32.1. The van der Waals surface area contributed by atoms with Crippen molar-refractivity contribution >= 4 is 12.2 Å². The molecule has 0 aliphatic rings. The van der Waals surface area contributed by atoms with Crippen molar-refractivity contribution in [3.05, 3.63) is 29.0 Å². The maximum absolute atomic E-state index is 8.75. The van der Waals surface area contributed by atoms with Gasteiger partial charge in [0.15, 0.2) is 12.5 Å². The van der Waals surface area contributed by atoms with Crippen LogP contribution in [0.25, 0.3) is 11.4 Å². The minimum Gasteiger partial charge on any atom is -0.497 e. The average molecular weight is 361 g/mol. The molecule has 1 unspecified atom stereocenters. The molecule has 0 fully saturated rings. The molecular formula is C18H26N5OS+. The zero-order valence-electron chi connectivity index (χ0n) is 15.2. The molecule has 0 radical (unpaired) electrons. The average Bonchev–Trinajstić information content (AvgIpc) is 2.94. The molecule has 6 nitrogen and oxygen atoms in total. The van der Waals surface area contributed by atoms with Gasteiger partial charge in [-0.3, -0.25) is 4.57 Å². The van der Waals surface area contributed by atoms with Gasteiger partial charge in [-0.1, -0.05) is 13.3 Å². The summed E-state index contributed by atoms with van der Waals surface area (Å²) >= 11 is 5.67. The molecule has 0 amide bonds. The van der Waals surface area contributed by atoms with Gasteiger partial charge in [0.25, 0.3) is 0 Å². The number of unbranched alkanes of at least 4 members (excludes halogenated alkanes) is 1. The van der Waals surface area contributed by atoms with Crippen molar-refractivity contribution < 1.29 is 9.64 Å². The molecule has 0 aliphatic heterocycles. The number of nitriles is 1. The lowest BCUT2D eigenvalue weighted by Gasteiger charge is -2.11.